The maximum absolute atomic E-state index is 12.3. The summed E-state index contributed by atoms with van der Waals surface area (Å²) in [6.07, 6.45) is -4.06. The van der Waals surface area contributed by atoms with Crippen LogP contribution in [0.5, 0.6) is 0 Å². The summed E-state index contributed by atoms with van der Waals surface area (Å²) in [7, 11) is 0. The van der Waals surface area contributed by atoms with Crippen molar-refractivity contribution >= 4 is 5.82 Å². The van der Waals surface area contributed by atoms with Gasteiger partial charge in [0.25, 0.3) is 0 Å². The van der Waals surface area contributed by atoms with Crippen LogP contribution in [-0.4, -0.2) is 15.0 Å². The molecule has 0 aliphatic rings. The Labute approximate surface area is 81.3 Å². The zero-order valence-corrected chi connectivity index (χ0v) is 7.15. The summed E-state index contributed by atoms with van der Waals surface area (Å²) in [5.74, 6) is -0.979. The van der Waals surface area contributed by atoms with Gasteiger partial charge in [-0.1, -0.05) is 0 Å². The van der Waals surface area contributed by atoms with Crippen LogP contribution < -0.4 is 0 Å². The highest BCUT2D eigenvalue weighted by molar-refractivity contribution is 5.40. The number of aromatic nitrogens is 1. The summed E-state index contributed by atoms with van der Waals surface area (Å²) >= 11 is 0. The average Bonchev–Trinajstić information content (AvgIpc) is 2.15. The second kappa shape index (κ2) is 3.81. The highest BCUT2D eigenvalue weighted by Gasteiger charge is 2.37. The van der Waals surface area contributed by atoms with E-state index in [2.05, 4.69) is 4.98 Å². The van der Waals surface area contributed by atoms with E-state index in [1.54, 1.807) is 0 Å². The number of halogens is 3. The Morgan fingerprint density at radius 2 is 2.13 bits per heavy atom. The average molecular weight is 222 g/mol. The van der Waals surface area contributed by atoms with E-state index in [1.807, 2.05) is 0 Å². The van der Waals surface area contributed by atoms with Crippen LogP contribution in [0.4, 0.5) is 19.0 Å². The van der Waals surface area contributed by atoms with Crippen LogP contribution in [-0.2, 0) is 12.8 Å². The van der Waals surface area contributed by atoms with Gasteiger partial charge in [-0.3, -0.25) is 0 Å². The van der Waals surface area contributed by atoms with Crippen molar-refractivity contribution in [2.75, 3.05) is 0 Å². The molecule has 0 atom stereocenters. The third-order valence-electron chi connectivity index (χ3n) is 1.67. The lowest BCUT2D eigenvalue weighted by molar-refractivity contribution is -0.390. The molecule has 0 aromatic carbocycles. The molecule has 1 N–H and O–H groups in total. The minimum atomic E-state index is -4.74. The van der Waals surface area contributed by atoms with Crippen LogP contribution in [0.1, 0.15) is 11.1 Å². The first-order chi connectivity index (χ1) is 6.88. The van der Waals surface area contributed by atoms with E-state index in [-0.39, 0.29) is 0 Å². The SMILES string of the molecule is O=[N+]([O-])c1nccc(C(F)(F)F)c1CO. The van der Waals surface area contributed by atoms with Gasteiger partial charge < -0.3 is 15.2 Å². The van der Waals surface area contributed by atoms with E-state index in [1.165, 1.54) is 0 Å². The molecule has 0 fully saturated rings. The Morgan fingerprint density at radius 1 is 1.53 bits per heavy atom. The van der Waals surface area contributed by atoms with E-state index in [4.69, 9.17) is 5.11 Å². The number of hydrogen-bond acceptors (Lipinski definition) is 4. The number of aliphatic hydroxyl groups is 1. The minimum absolute atomic E-state index is 0.582. The Hall–Kier alpha value is -1.70. The molecule has 1 aromatic heterocycles. The number of nitro groups is 1. The summed E-state index contributed by atoms with van der Waals surface area (Å²) in [5.41, 5.74) is -2.07. The first-order valence-electron chi connectivity index (χ1n) is 3.68. The molecular weight excluding hydrogens is 217 g/mol. The molecule has 0 amide bonds. The van der Waals surface area contributed by atoms with E-state index in [0.717, 1.165) is 0 Å². The van der Waals surface area contributed by atoms with Gasteiger partial charge in [0.1, 0.15) is 6.20 Å². The number of alkyl halides is 3. The number of hydrogen-bond donors (Lipinski definition) is 1. The van der Waals surface area contributed by atoms with Gasteiger partial charge in [0, 0.05) is 0 Å². The van der Waals surface area contributed by atoms with Crippen LogP contribution in [0.25, 0.3) is 0 Å². The lowest BCUT2D eigenvalue weighted by Gasteiger charge is -2.09. The Bertz CT molecular complexity index is 392. The van der Waals surface area contributed by atoms with E-state index in [9.17, 15) is 23.3 Å². The second-order valence-electron chi connectivity index (χ2n) is 2.57. The molecule has 0 aliphatic heterocycles. The van der Waals surface area contributed by atoms with Crippen molar-refractivity contribution in [3.8, 4) is 0 Å². The van der Waals surface area contributed by atoms with E-state index in [0.29, 0.717) is 12.3 Å². The number of aliphatic hydroxyl groups excluding tert-OH is 1. The normalized spacial score (nSPS) is 11.5. The molecule has 1 heterocycles. The molecule has 0 unspecified atom stereocenters. The fourth-order valence-electron chi connectivity index (χ4n) is 1.06. The van der Waals surface area contributed by atoms with Crippen LogP contribution in [0.3, 0.4) is 0 Å². The van der Waals surface area contributed by atoms with Crippen LogP contribution in [0.15, 0.2) is 12.3 Å². The largest absolute Gasteiger partial charge is 0.417 e. The monoisotopic (exact) mass is 222 g/mol. The molecular formula is C7H5F3N2O3. The molecule has 0 saturated heterocycles. The molecule has 82 valence electrons. The van der Waals surface area contributed by atoms with E-state index < -0.39 is 34.7 Å². The highest BCUT2D eigenvalue weighted by atomic mass is 19.4. The summed E-state index contributed by atoms with van der Waals surface area (Å²) in [6.45, 7) is -1.08. The quantitative estimate of drug-likeness (QED) is 0.607. The van der Waals surface area contributed by atoms with Crippen molar-refractivity contribution in [2.45, 2.75) is 12.8 Å². The predicted molar refractivity (Wildman–Crippen MR) is 41.8 cm³/mol. The van der Waals surface area contributed by atoms with Crippen LogP contribution >= 0.6 is 0 Å². The van der Waals surface area contributed by atoms with Crippen LogP contribution in [0.2, 0.25) is 0 Å². The topological polar surface area (TPSA) is 76.3 Å². The fraction of sp³-hybridized carbons (Fsp3) is 0.286. The molecule has 0 saturated carbocycles. The third-order valence-corrected chi connectivity index (χ3v) is 1.67. The van der Waals surface area contributed by atoms with Gasteiger partial charge in [-0.25, -0.2) is 0 Å². The molecule has 1 rings (SSSR count). The number of pyridine rings is 1. The minimum Gasteiger partial charge on any atom is -0.391 e. The summed E-state index contributed by atoms with van der Waals surface area (Å²) in [4.78, 5) is 12.4. The van der Waals surface area contributed by atoms with Crippen molar-refractivity contribution < 1.29 is 23.2 Å². The van der Waals surface area contributed by atoms with Gasteiger partial charge in [-0.2, -0.15) is 13.2 Å². The van der Waals surface area contributed by atoms with Crippen molar-refractivity contribution in [2.24, 2.45) is 0 Å². The zero-order valence-electron chi connectivity index (χ0n) is 7.15. The molecule has 15 heavy (non-hydrogen) atoms. The smallest absolute Gasteiger partial charge is 0.391 e. The molecule has 0 bridgehead atoms. The van der Waals surface area contributed by atoms with Crippen molar-refractivity contribution in [1.29, 1.82) is 0 Å². The third kappa shape index (κ3) is 2.21. The molecule has 5 nitrogen and oxygen atoms in total. The fourth-order valence-corrected chi connectivity index (χ4v) is 1.06. The van der Waals surface area contributed by atoms with Gasteiger partial charge in [0.2, 0.25) is 0 Å². The Balaban J connectivity index is 3.42. The number of nitrogens with zero attached hydrogens (tertiary/aromatic N) is 2. The molecule has 1 aromatic rings. The Morgan fingerprint density at radius 3 is 2.53 bits per heavy atom. The van der Waals surface area contributed by atoms with E-state index >= 15 is 0 Å². The predicted octanol–water partition coefficient (Wildman–Crippen LogP) is 1.50. The summed E-state index contributed by atoms with van der Waals surface area (Å²) < 4.78 is 37.0. The lowest BCUT2D eigenvalue weighted by Crippen LogP contribution is -2.12. The van der Waals surface area contributed by atoms with Crippen molar-refractivity contribution in [3.63, 3.8) is 0 Å². The maximum Gasteiger partial charge on any atom is 0.417 e. The van der Waals surface area contributed by atoms with Gasteiger partial charge in [0.15, 0.2) is 0 Å². The van der Waals surface area contributed by atoms with Crippen molar-refractivity contribution in [3.05, 3.63) is 33.5 Å². The maximum atomic E-state index is 12.3. The summed E-state index contributed by atoms with van der Waals surface area (Å²) in [6, 6.07) is 0.582. The summed E-state index contributed by atoms with van der Waals surface area (Å²) in [5, 5.41) is 19.0. The lowest BCUT2D eigenvalue weighted by atomic mass is 10.1. The second-order valence-corrected chi connectivity index (χ2v) is 2.57. The van der Waals surface area contributed by atoms with Crippen molar-refractivity contribution in [1.82, 2.24) is 4.98 Å². The molecule has 0 radical (unpaired) electrons. The Kier molecular flexibility index (Phi) is 2.89. The highest BCUT2D eigenvalue weighted by Crippen LogP contribution is 2.34. The molecule has 0 aliphatic carbocycles. The van der Waals surface area contributed by atoms with Gasteiger partial charge in [0.05, 0.1) is 17.7 Å². The van der Waals surface area contributed by atoms with Gasteiger partial charge in [-0.05, 0) is 16.0 Å². The van der Waals surface area contributed by atoms with Gasteiger partial charge >= 0.3 is 12.0 Å². The first-order valence-corrected chi connectivity index (χ1v) is 3.68. The number of rotatable bonds is 2. The molecule has 0 spiro atoms. The van der Waals surface area contributed by atoms with Gasteiger partial charge in [-0.15, -0.1) is 0 Å². The standard InChI is InChI=1S/C7H5F3N2O3/c8-7(9,10)5-1-2-11-6(12(14)15)4(5)3-13/h1-2,13H,3H2. The zero-order chi connectivity index (χ0) is 11.6. The van der Waals surface area contributed by atoms with Crippen LogP contribution in [0, 0.1) is 10.1 Å². The first kappa shape index (κ1) is 11.4. The molecule has 8 heteroatoms.